The molecule has 6 nitrogen and oxygen atoms in total. The number of hydrogen-bond donors (Lipinski definition) is 2. The molecule has 0 atom stereocenters. The van der Waals surface area contributed by atoms with Gasteiger partial charge in [0, 0.05) is 31.9 Å². The van der Waals surface area contributed by atoms with Gasteiger partial charge in [-0.05, 0) is 12.8 Å². The topological polar surface area (TPSA) is 84.2 Å². The van der Waals surface area contributed by atoms with Crippen LogP contribution in [-0.2, 0) is 16.1 Å². The summed E-state index contributed by atoms with van der Waals surface area (Å²) < 4.78 is 1.98. The average molecular weight is 239 g/mol. The highest BCUT2D eigenvalue weighted by atomic mass is 16.4. The molecule has 0 bridgehead atoms. The number of carboxylic acids is 1. The van der Waals surface area contributed by atoms with E-state index in [0.717, 1.165) is 19.4 Å². The lowest BCUT2D eigenvalue weighted by Gasteiger charge is -2.04. The van der Waals surface area contributed by atoms with Gasteiger partial charge in [0.25, 0.3) is 0 Å². The fourth-order valence-electron chi connectivity index (χ4n) is 1.38. The summed E-state index contributed by atoms with van der Waals surface area (Å²) in [6.07, 6.45) is 7.15. The van der Waals surface area contributed by atoms with E-state index in [0.29, 0.717) is 6.54 Å². The van der Waals surface area contributed by atoms with E-state index >= 15 is 0 Å². The summed E-state index contributed by atoms with van der Waals surface area (Å²) >= 11 is 0. The van der Waals surface area contributed by atoms with Crippen LogP contribution in [-0.4, -0.2) is 33.1 Å². The second kappa shape index (κ2) is 7.43. The van der Waals surface area contributed by atoms with Gasteiger partial charge in [0.2, 0.25) is 5.91 Å². The molecule has 0 aliphatic carbocycles. The number of imidazole rings is 1. The number of hydrogen-bond acceptors (Lipinski definition) is 3. The molecular weight excluding hydrogens is 222 g/mol. The quantitative estimate of drug-likeness (QED) is 0.652. The predicted octanol–water partition coefficient (Wildman–Crippen LogP) is 0.644. The van der Waals surface area contributed by atoms with Crippen LogP contribution in [0.1, 0.15) is 25.7 Å². The van der Waals surface area contributed by atoms with Crippen LogP contribution in [0, 0.1) is 0 Å². The lowest BCUT2D eigenvalue weighted by Crippen LogP contribution is -2.24. The number of rotatable bonds is 8. The number of amides is 1. The Morgan fingerprint density at radius 3 is 2.76 bits per heavy atom. The van der Waals surface area contributed by atoms with Gasteiger partial charge < -0.3 is 15.0 Å². The molecule has 0 radical (unpaired) electrons. The summed E-state index contributed by atoms with van der Waals surface area (Å²) in [6.45, 7) is 1.47. The molecule has 0 aliphatic heterocycles. The van der Waals surface area contributed by atoms with Gasteiger partial charge >= 0.3 is 5.97 Å². The zero-order chi connectivity index (χ0) is 12.5. The number of aryl methyl sites for hydroxylation is 1. The van der Waals surface area contributed by atoms with Crippen molar-refractivity contribution in [2.45, 2.75) is 32.2 Å². The van der Waals surface area contributed by atoms with Gasteiger partial charge in [-0.15, -0.1) is 0 Å². The third-order valence-electron chi connectivity index (χ3n) is 2.29. The van der Waals surface area contributed by atoms with Crippen molar-refractivity contribution in [1.82, 2.24) is 14.9 Å². The Morgan fingerprint density at radius 2 is 2.12 bits per heavy atom. The Balaban J connectivity index is 1.96. The molecule has 1 aromatic rings. The van der Waals surface area contributed by atoms with E-state index in [1.165, 1.54) is 0 Å². The minimum atomic E-state index is -0.944. The minimum Gasteiger partial charge on any atom is -0.481 e. The molecule has 1 amide bonds. The van der Waals surface area contributed by atoms with Crippen molar-refractivity contribution in [1.29, 1.82) is 0 Å². The van der Waals surface area contributed by atoms with Crippen molar-refractivity contribution in [2.75, 3.05) is 6.54 Å². The predicted molar refractivity (Wildman–Crippen MR) is 61.3 cm³/mol. The van der Waals surface area contributed by atoms with E-state index in [1.807, 2.05) is 10.8 Å². The fraction of sp³-hybridized carbons (Fsp3) is 0.545. The molecule has 0 saturated heterocycles. The van der Waals surface area contributed by atoms with Crippen LogP contribution in [0.2, 0.25) is 0 Å². The van der Waals surface area contributed by atoms with Crippen LogP contribution in [0.3, 0.4) is 0 Å². The van der Waals surface area contributed by atoms with Crippen LogP contribution in [0.15, 0.2) is 18.7 Å². The van der Waals surface area contributed by atoms with Crippen molar-refractivity contribution in [3.8, 4) is 0 Å². The molecule has 0 fully saturated rings. The Kier molecular flexibility index (Phi) is 5.77. The summed E-state index contributed by atoms with van der Waals surface area (Å²) in [5.74, 6) is -1.14. The number of carbonyl (C=O) groups is 2. The first-order valence-corrected chi connectivity index (χ1v) is 5.62. The van der Waals surface area contributed by atoms with E-state index < -0.39 is 5.97 Å². The molecule has 1 rings (SSSR count). The highest BCUT2D eigenvalue weighted by Crippen LogP contribution is 1.95. The smallest absolute Gasteiger partial charge is 0.303 e. The number of carbonyl (C=O) groups excluding carboxylic acids is 1. The molecule has 6 heteroatoms. The molecule has 17 heavy (non-hydrogen) atoms. The maximum absolute atomic E-state index is 11.1. The number of unbranched alkanes of at least 4 members (excludes halogenated alkanes) is 1. The SMILES string of the molecule is O=C(O)CCC(=O)NCCCCn1ccnc1. The number of carboxylic acid groups (broad SMARTS) is 1. The highest BCUT2D eigenvalue weighted by molar-refractivity contribution is 5.80. The third kappa shape index (κ3) is 6.34. The Hall–Kier alpha value is -1.85. The van der Waals surface area contributed by atoms with Crippen LogP contribution in [0.4, 0.5) is 0 Å². The van der Waals surface area contributed by atoms with Gasteiger partial charge in [-0.1, -0.05) is 0 Å². The van der Waals surface area contributed by atoms with Crippen molar-refractivity contribution >= 4 is 11.9 Å². The molecule has 2 N–H and O–H groups in total. The Labute approximate surface area is 99.7 Å². The molecule has 0 saturated carbocycles. The standard InChI is InChI=1S/C11H17N3O3/c15-10(3-4-11(16)17)13-5-1-2-7-14-8-6-12-9-14/h6,8-9H,1-5,7H2,(H,13,15)(H,16,17). The van der Waals surface area contributed by atoms with Crippen molar-refractivity contribution in [3.63, 3.8) is 0 Å². The molecule has 0 aromatic carbocycles. The summed E-state index contributed by atoms with van der Waals surface area (Å²) in [5, 5.41) is 11.1. The van der Waals surface area contributed by atoms with Crippen LogP contribution in [0.5, 0.6) is 0 Å². The molecule has 94 valence electrons. The maximum atomic E-state index is 11.1. The van der Waals surface area contributed by atoms with Gasteiger partial charge in [-0.2, -0.15) is 0 Å². The van der Waals surface area contributed by atoms with E-state index in [4.69, 9.17) is 5.11 Å². The molecule has 0 aliphatic rings. The summed E-state index contributed by atoms with van der Waals surface area (Å²) in [7, 11) is 0. The van der Waals surface area contributed by atoms with E-state index in [1.54, 1.807) is 12.5 Å². The van der Waals surface area contributed by atoms with Crippen molar-refractivity contribution in [3.05, 3.63) is 18.7 Å². The van der Waals surface area contributed by atoms with Crippen LogP contribution < -0.4 is 5.32 Å². The summed E-state index contributed by atoms with van der Waals surface area (Å²) in [4.78, 5) is 25.3. The van der Waals surface area contributed by atoms with E-state index in [9.17, 15) is 9.59 Å². The second-order valence-electron chi connectivity index (χ2n) is 3.75. The first kappa shape index (κ1) is 13.2. The first-order valence-electron chi connectivity index (χ1n) is 5.62. The van der Waals surface area contributed by atoms with E-state index in [2.05, 4.69) is 10.3 Å². The third-order valence-corrected chi connectivity index (χ3v) is 2.29. The molecular formula is C11H17N3O3. The lowest BCUT2D eigenvalue weighted by molar-refractivity contribution is -0.138. The number of nitrogens with one attached hydrogen (secondary N) is 1. The largest absolute Gasteiger partial charge is 0.481 e. The summed E-state index contributed by atoms with van der Waals surface area (Å²) in [6, 6.07) is 0. The second-order valence-corrected chi connectivity index (χ2v) is 3.75. The molecule has 1 heterocycles. The fourth-order valence-corrected chi connectivity index (χ4v) is 1.38. The van der Waals surface area contributed by atoms with Crippen molar-refractivity contribution in [2.24, 2.45) is 0 Å². The minimum absolute atomic E-state index is 0.0524. The average Bonchev–Trinajstić information content (AvgIpc) is 2.79. The van der Waals surface area contributed by atoms with Gasteiger partial charge in [0.1, 0.15) is 0 Å². The first-order chi connectivity index (χ1) is 8.18. The molecule has 1 aromatic heterocycles. The normalized spacial score (nSPS) is 10.1. The number of aliphatic carboxylic acids is 1. The lowest BCUT2D eigenvalue weighted by atomic mass is 10.2. The van der Waals surface area contributed by atoms with Gasteiger partial charge in [0.15, 0.2) is 0 Å². The molecule has 0 spiro atoms. The highest BCUT2D eigenvalue weighted by Gasteiger charge is 2.03. The van der Waals surface area contributed by atoms with Crippen LogP contribution >= 0.6 is 0 Å². The molecule has 0 unspecified atom stereocenters. The number of nitrogens with zero attached hydrogens (tertiary/aromatic N) is 2. The van der Waals surface area contributed by atoms with Crippen LogP contribution in [0.25, 0.3) is 0 Å². The monoisotopic (exact) mass is 239 g/mol. The Morgan fingerprint density at radius 1 is 1.29 bits per heavy atom. The Bertz CT molecular complexity index is 349. The van der Waals surface area contributed by atoms with Gasteiger partial charge in [-0.3, -0.25) is 9.59 Å². The maximum Gasteiger partial charge on any atom is 0.303 e. The van der Waals surface area contributed by atoms with Gasteiger partial charge in [0.05, 0.1) is 12.7 Å². The zero-order valence-corrected chi connectivity index (χ0v) is 9.63. The number of aromatic nitrogens is 2. The van der Waals surface area contributed by atoms with Gasteiger partial charge in [-0.25, -0.2) is 4.98 Å². The zero-order valence-electron chi connectivity index (χ0n) is 9.63. The summed E-state index contributed by atoms with van der Waals surface area (Å²) in [5.41, 5.74) is 0. The van der Waals surface area contributed by atoms with Crippen molar-refractivity contribution < 1.29 is 14.7 Å². The van der Waals surface area contributed by atoms with E-state index in [-0.39, 0.29) is 18.7 Å².